The van der Waals surface area contributed by atoms with Gasteiger partial charge in [0.1, 0.15) is 23.8 Å². The van der Waals surface area contributed by atoms with Gasteiger partial charge in [-0.15, -0.1) is 0 Å². The smallest absolute Gasteiger partial charge is 0.223 e. The van der Waals surface area contributed by atoms with E-state index in [9.17, 15) is 0 Å². The highest BCUT2D eigenvalue weighted by atomic mass is 16.5. The van der Waals surface area contributed by atoms with Crippen molar-refractivity contribution >= 4 is 11.6 Å². The second-order valence-corrected chi connectivity index (χ2v) is 9.71. The molecule has 1 atom stereocenters. The van der Waals surface area contributed by atoms with Crippen molar-refractivity contribution in [2.45, 2.75) is 24.5 Å². The first-order chi connectivity index (χ1) is 17.4. The van der Waals surface area contributed by atoms with Crippen LogP contribution in [0, 0.1) is 0 Å². The normalized spacial score (nSPS) is 20.8. The van der Waals surface area contributed by atoms with E-state index in [1.807, 2.05) is 24.3 Å². The molecular weight excluding hydrogens is 460 g/mol. The molecule has 3 aliphatic rings. The fourth-order valence-electron chi connectivity index (χ4n) is 4.58. The Morgan fingerprint density at radius 3 is 2.08 bits per heavy atom. The van der Waals surface area contributed by atoms with Gasteiger partial charge in [-0.25, -0.2) is 0 Å². The lowest BCUT2D eigenvalue weighted by atomic mass is 9.99. The summed E-state index contributed by atoms with van der Waals surface area (Å²) in [6, 6.07) is 9.42. The number of hydrogen-bond donors (Lipinski definition) is 2. The maximum atomic E-state index is 5.96. The van der Waals surface area contributed by atoms with Gasteiger partial charge in [0, 0.05) is 55.4 Å². The van der Waals surface area contributed by atoms with Crippen molar-refractivity contribution in [3.63, 3.8) is 0 Å². The first kappa shape index (κ1) is 24.4. The maximum absolute atomic E-state index is 5.96. The molecule has 36 heavy (non-hydrogen) atoms. The molecule has 3 aliphatic heterocycles. The van der Waals surface area contributed by atoms with Crippen LogP contribution < -0.4 is 20.9 Å². The zero-order chi connectivity index (χ0) is 25.1. The van der Waals surface area contributed by atoms with Gasteiger partial charge in [0.05, 0.1) is 19.1 Å². The summed E-state index contributed by atoms with van der Waals surface area (Å²) >= 11 is 0. The fourth-order valence-corrected chi connectivity index (χ4v) is 4.58. The number of nitrogens with two attached hydrogens (primary N) is 2. The van der Waals surface area contributed by atoms with E-state index in [-0.39, 0.29) is 12.2 Å². The predicted molar refractivity (Wildman–Crippen MR) is 137 cm³/mol. The van der Waals surface area contributed by atoms with E-state index in [0.717, 1.165) is 62.5 Å². The van der Waals surface area contributed by atoms with E-state index in [0.29, 0.717) is 29.3 Å². The van der Waals surface area contributed by atoms with E-state index in [2.05, 4.69) is 33.9 Å². The van der Waals surface area contributed by atoms with Crippen LogP contribution in [-0.4, -0.2) is 85.5 Å². The zero-order valence-corrected chi connectivity index (χ0v) is 20.8. The Kier molecular flexibility index (Phi) is 7.26. The van der Waals surface area contributed by atoms with Crippen molar-refractivity contribution in [1.29, 1.82) is 0 Å². The highest BCUT2D eigenvalue weighted by Crippen LogP contribution is 2.33. The van der Waals surface area contributed by atoms with Gasteiger partial charge < -0.3 is 30.1 Å². The highest BCUT2D eigenvalue weighted by Gasteiger charge is 2.29. The van der Waals surface area contributed by atoms with Crippen molar-refractivity contribution in [2.24, 2.45) is 0 Å². The Hall–Kier alpha value is -3.34. The van der Waals surface area contributed by atoms with Gasteiger partial charge in [-0.3, -0.25) is 9.80 Å². The van der Waals surface area contributed by atoms with Crippen LogP contribution in [0.15, 0.2) is 47.3 Å². The van der Waals surface area contributed by atoms with E-state index in [1.54, 1.807) is 18.6 Å². The monoisotopic (exact) mass is 494 g/mol. The van der Waals surface area contributed by atoms with Crippen LogP contribution >= 0.6 is 0 Å². The Morgan fingerprint density at radius 1 is 0.861 bits per heavy atom. The molecule has 3 fully saturated rings. The van der Waals surface area contributed by atoms with Gasteiger partial charge in [-0.2, -0.15) is 9.97 Å². The first-order valence-corrected chi connectivity index (χ1v) is 12.3. The molecule has 0 aliphatic carbocycles. The van der Waals surface area contributed by atoms with Crippen LogP contribution in [0.25, 0.3) is 11.1 Å². The topological polar surface area (TPSA) is 125 Å². The largest absolute Gasteiger partial charge is 0.472 e. The molecule has 3 aromatic rings. The molecule has 0 amide bonds. The van der Waals surface area contributed by atoms with E-state index >= 15 is 0 Å². The molecule has 3 aromatic heterocycles. The molecule has 0 aromatic carbocycles. The average molecular weight is 495 g/mol. The Morgan fingerprint density at radius 2 is 1.50 bits per heavy atom. The molecule has 6 heterocycles. The predicted octanol–water partition coefficient (Wildman–Crippen LogP) is 2.48. The number of likely N-dealkylation sites (N-methyl/N-ethyl adjacent to an activating group) is 2. The van der Waals surface area contributed by atoms with Crippen LogP contribution in [0.4, 0.5) is 11.6 Å². The first-order valence-electron chi connectivity index (χ1n) is 12.3. The van der Waals surface area contributed by atoms with Crippen LogP contribution in [-0.2, 0) is 4.74 Å². The molecule has 1 unspecified atom stereocenters. The number of nitrogen functional groups attached to an aromatic ring is 2. The average Bonchev–Trinajstić information content (AvgIpc) is 3.53. The number of ether oxygens (including phenoxy) is 3. The molecule has 0 bridgehead atoms. The number of nitrogens with zero attached hydrogens (tertiary/aromatic N) is 4. The number of pyridine rings is 2. The molecular formula is C26H34N6O4. The Balaban J connectivity index is 0.000000148. The second kappa shape index (κ2) is 10.7. The number of anilines is 2. The number of likely N-dealkylation sites (tertiary alicyclic amines) is 2. The molecule has 3 saturated heterocycles. The van der Waals surface area contributed by atoms with Crippen LogP contribution in [0.5, 0.6) is 11.8 Å². The lowest BCUT2D eigenvalue weighted by Crippen LogP contribution is -2.51. The van der Waals surface area contributed by atoms with E-state index in [4.69, 9.17) is 30.1 Å². The number of aromatic nitrogens is 2. The fraction of sp³-hybridized carbons (Fsp3) is 0.462. The van der Waals surface area contributed by atoms with Crippen LogP contribution in [0.2, 0.25) is 0 Å². The van der Waals surface area contributed by atoms with E-state index < -0.39 is 0 Å². The third kappa shape index (κ3) is 5.72. The molecule has 6 rings (SSSR count). The van der Waals surface area contributed by atoms with Crippen LogP contribution in [0.3, 0.4) is 0 Å². The maximum Gasteiger partial charge on any atom is 0.223 e. The quantitative estimate of drug-likeness (QED) is 0.528. The van der Waals surface area contributed by atoms with Gasteiger partial charge in [-0.1, -0.05) is 0 Å². The number of hydrogen-bond acceptors (Lipinski definition) is 10. The van der Waals surface area contributed by atoms with Crippen LogP contribution in [0.1, 0.15) is 17.9 Å². The minimum absolute atomic E-state index is 0.190. The standard InChI is InChI=1S/C13H19N3O2.C13H15N3O2/c2*1-16-6-10(7-16)18-13-11(2-3-12(14)15-13)9-4-5-17-8-9/h2-3,9-10H,4-8H2,1H3,(H2,14,15);2-5,8,10H,6-7H2,1H3,(H2,14,15). The Bertz CT molecular complexity index is 1140. The molecule has 10 heteroatoms. The van der Waals surface area contributed by atoms with Crippen molar-refractivity contribution in [3.05, 3.63) is 48.4 Å². The number of furan rings is 1. The summed E-state index contributed by atoms with van der Waals surface area (Å²) in [6.45, 7) is 5.32. The highest BCUT2D eigenvalue weighted by molar-refractivity contribution is 5.68. The molecule has 0 spiro atoms. The number of rotatable bonds is 6. The summed E-state index contributed by atoms with van der Waals surface area (Å²) < 4.78 is 22.4. The molecule has 192 valence electrons. The summed E-state index contributed by atoms with van der Waals surface area (Å²) in [5.74, 6) is 2.65. The molecule has 10 nitrogen and oxygen atoms in total. The van der Waals surface area contributed by atoms with E-state index in [1.165, 1.54) is 0 Å². The van der Waals surface area contributed by atoms with Crippen molar-refractivity contribution in [3.8, 4) is 22.9 Å². The van der Waals surface area contributed by atoms with Crippen molar-refractivity contribution in [1.82, 2.24) is 19.8 Å². The van der Waals surface area contributed by atoms with Gasteiger partial charge in [0.2, 0.25) is 11.8 Å². The summed E-state index contributed by atoms with van der Waals surface area (Å²) in [5, 5.41) is 0. The minimum Gasteiger partial charge on any atom is -0.472 e. The van der Waals surface area contributed by atoms with Crippen molar-refractivity contribution < 1.29 is 18.6 Å². The lowest BCUT2D eigenvalue weighted by molar-refractivity contribution is 0.0346. The van der Waals surface area contributed by atoms with Gasteiger partial charge >= 0.3 is 0 Å². The Labute approximate surface area is 211 Å². The summed E-state index contributed by atoms with van der Waals surface area (Å²) in [7, 11) is 4.14. The lowest BCUT2D eigenvalue weighted by Gasteiger charge is -2.36. The summed E-state index contributed by atoms with van der Waals surface area (Å²) in [4.78, 5) is 13.0. The third-order valence-corrected chi connectivity index (χ3v) is 6.61. The molecule has 0 saturated carbocycles. The molecule has 0 radical (unpaired) electrons. The minimum atomic E-state index is 0.190. The van der Waals surface area contributed by atoms with Gasteiger partial charge in [0.25, 0.3) is 0 Å². The van der Waals surface area contributed by atoms with Gasteiger partial charge in [-0.05, 0) is 50.8 Å². The zero-order valence-electron chi connectivity index (χ0n) is 20.8. The second-order valence-electron chi connectivity index (χ2n) is 9.71. The SMILES string of the molecule is CN1CC(Oc2nc(N)ccc2-c2ccoc2)C1.CN1CC(Oc2nc(N)ccc2C2CCOC2)C1. The van der Waals surface area contributed by atoms with Gasteiger partial charge in [0.15, 0.2) is 0 Å². The summed E-state index contributed by atoms with van der Waals surface area (Å²) in [6.07, 6.45) is 4.77. The van der Waals surface area contributed by atoms with Crippen molar-refractivity contribution in [2.75, 3.05) is 65.0 Å². The third-order valence-electron chi connectivity index (χ3n) is 6.61. The summed E-state index contributed by atoms with van der Waals surface area (Å²) in [5.41, 5.74) is 14.5. The molecule has 4 N–H and O–H groups in total.